The lowest BCUT2D eigenvalue weighted by Gasteiger charge is -2.35. The lowest BCUT2D eigenvalue weighted by Crippen LogP contribution is -2.42. The van der Waals surface area contributed by atoms with Gasteiger partial charge in [-0.15, -0.1) is 11.3 Å². The maximum absolute atomic E-state index is 12.8. The van der Waals surface area contributed by atoms with Gasteiger partial charge in [-0.05, 0) is 56.1 Å². The summed E-state index contributed by atoms with van der Waals surface area (Å²) in [5, 5.41) is 12.9. The number of piperidine rings is 1. The van der Waals surface area contributed by atoms with E-state index in [9.17, 15) is 9.90 Å². The number of hydrogen-bond acceptors (Lipinski definition) is 7. The van der Waals surface area contributed by atoms with Gasteiger partial charge in [0.1, 0.15) is 17.5 Å². The summed E-state index contributed by atoms with van der Waals surface area (Å²) in [6, 6.07) is 8.24. The number of hydrogen-bond donors (Lipinski definition) is 2. The number of nitrogens with zero attached hydrogens (tertiary/aromatic N) is 3. The number of aliphatic hydroxyl groups excluding tert-OH is 1. The topological polar surface area (TPSA) is 91.9 Å². The van der Waals surface area contributed by atoms with Crippen molar-refractivity contribution >= 4 is 28.1 Å². The van der Waals surface area contributed by atoms with Gasteiger partial charge in [0.25, 0.3) is 5.91 Å². The van der Waals surface area contributed by atoms with Crippen molar-refractivity contribution < 1.29 is 14.6 Å². The Labute approximate surface area is 186 Å². The van der Waals surface area contributed by atoms with Crippen LogP contribution in [-0.2, 0) is 0 Å². The number of likely N-dealkylation sites (tertiary alicyclic amines) is 1. The molecule has 31 heavy (non-hydrogen) atoms. The molecule has 166 valence electrons. The second kappa shape index (κ2) is 8.67. The highest BCUT2D eigenvalue weighted by Gasteiger charge is 2.44. The summed E-state index contributed by atoms with van der Waals surface area (Å²) in [7, 11) is 0. The summed E-state index contributed by atoms with van der Waals surface area (Å²) in [6.45, 7) is 3.53. The molecule has 1 amide bonds. The van der Waals surface area contributed by atoms with Crippen LogP contribution in [0.25, 0.3) is 0 Å². The van der Waals surface area contributed by atoms with Crippen LogP contribution >= 0.6 is 11.3 Å². The monoisotopic (exact) mass is 442 g/mol. The van der Waals surface area contributed by atoms with Gasteiger partial charge in [0.2, 0.25) is 0 Å². The highest BCUT2D eigenvalue weighted by molar-refractivity contribution is 7.13. The first-order valence-corrected chi connectivity index (χ1v) is 12.1. The van der Waals surface area contributed by atoms with E-state index in [0.717, 1.165) is 25.3 Å². The molecule has 8 heteroatoms. The molecule has 0 spiro atoms. The molecule has 2 saturated heterocycles. The SMILES string of the molecule is Nc1nc(C(=O)N2C[C@H]3C[C@@H](Oc4cccc(N5CCCCC5)c4)[C@H](O)C[C@H]3C2)cs1. The summed E-state index contributed by atoms with van der Waals surface area (Å²) in [4.78, 5) is 21.2. The van der Waals surface area contributed by atoms with E-state index in [1.165, 1.54) is 36.3 Å². The third kappa shape index (κ3) is 4.36. The smallest absolute Gasteiger partial charge is 0.273 e. The van der Waals surface area contributed by atoms with Crippen LogP contribution in [0.2, 0.25) is 0 Å². The molecule has 1 aromatic heterocycles. The third-order valence-corrected chi connectivity index (χ3v) is 7.61. The van der Waals surface area contributed by atoms with Crippen molar-refractivity contribution in [2.45, 2.75) is 44.3 Å². The fraction of sp³-hybridized carbons (Fsp3) is 0.565. The Hall–Kier alpha value is -2.32. The van der Waals surface area contributed by atoms with Gasteiger partial charge in [0.15, 0.2) is 5.13 Å². The lowest BCUT2D eigenvalue weighted by atomic mass is 9.78. The van der Waals surface area contributed by atoms with Crippen LogP contribution in [0.15, 0.2) is 29.6 Å². The van der Waals surface area contributed by atoms with Crippen molar-refractivity contribution in [2.24, 2.45) is 11.8 Å². The van der Waals surface area contributed by atoms with Crippen LogP contribution in [0.1, 0.15) is 42.6 Å². The average Bonchev–Trinajstić information content (AvgIpc) is 3.40. The zero-order valence-corrected chi connectivity index (χ0v) is 18.5. The molecule has 4 atom stereocenters. The normalized spacial score (nSPS) is 28.4. The van der Waals surface area contributed by atoms with E-state index in [-0.39, 0.29) is 12.0 Å². The number of aliphatic hydroxyl groups is 1. The van der Waals surface area contributed by atoms with Crippen molar-refractivity contribution in [1.29, 1.82) is 0 Å². The molecule has 7 nitrogen and oxygen atoms in total. The van der Waals surface area contributed by atoms with Gasteiger partial charge in [-0.1, -0.05) is 6.07 Å². The van der Waals surface area contributed by atoms with Crippen LogP contribution in [0.5, 0.6) is 5.75 Å². The molecule has 1 saturated carbocycles. The van der Waals surface area contributed by atoms with Crippen molar-refractivity contribution in [3.63, 3.8) is 0 Å². The molecule has 3 aliphatic rings. The molecule has 3 heterocycles. The molecular weight excluding hydrogens is 412 g/mol. The van der Waals surface area contributed by atoms with Gasteiger partial charge in [-0.2, -0.15) is 0 Å². The fourth-order valence-electron chi connectivity index (χ4n) is 5.31. The molecule has 0 bridgehead atoms. The van der Waals surface area contributed by atoms with E-state index >= 15 is 0 Å². The molecular formula is C23H30N4O3S. The number of fused-ring (bicyclic) bond motifs is 1. The summed E-state index contributed by atoms with van der Waals surface area (Å²) in [5.41, 5.74) is 7.30. The number of ether oxygens (including phenoxy) is 1. The summed E-state index contributed by atoms with van der Waals surface area (Å²) in [5.74, 6) is 1.38. The zero-order chi connectivity index (χ0) is 21.4. The summed E-state index contributed by atoms with van der Waals surface area (Å²) < 4.78 is 6.28. The number of rotatable bonds is 4. The summed E-state index contributed by atoms with van der Waals surface area (Å²) >= 11 is 1.29. The first kappa shape index (κ1) is 20.6. The Bertz CT molecular complexity index is 929. The van der Waals surface area contributed by atoms with Crippen LogP contribution in [0.4, 0.5) is 10.8 Å². The van der Waals surface area contributed by atoms with Crippen molar-refractivity contribution in [1.82, 2.24) is 9.88 Å². The van der Waals surface area contributed by atoms with Gasteiger partial charge in [0, 0.05) is 43.3 Å². The minimum absolute atomic E-state index is 0.0662. The third-order valence-electron chi connectivity index (χ3n) is 6.94. The Balaban J connectivity index is 1.23. The number of anilines is 2. The number of carbonyl (C=O) groups is 1. The minimum atomic E-state index is -0.523. The quantitative estimate of drug-likeness (QED) is 0.756. The molecule has 0 radical (unpaired) electrons. The lowest BCUT2D eigenvalue weighted by molar-refractivity contribution is -0.0231. The molecule has 1 aromatic carbocycles. The van der Waals surface area contributed by atoms with E-state index in [1.54, 1.807) is 5.38 Å². The number of carbonyl (C=O) groups excluding carboxylic acids is 1. The standard InChI is InChI=1S/C23H30N4O3S/c24-23-25-19(14-31-23)22(29)27-12-15-9-20(28)21(10-16(15)13-27)30-18-6-4-5-17(11-18)26-7-2-1-3-8-26/h4-6,11,14-16,20-21,28H,1-3,7-10,12-13H2,(H2,24,25)/t15-,16+,20+,21+/m0/s1. The molecule has 1 aliphatic carbocycles. The van der Waals surface area contributed by atoms with Crippen molar-refractivity contribution in [2.75, 3.05) is 36.8 Å². The Morgan fingerprint density at radius 3 is 2.68 bits per heavy atom. The molecule has 2 aromatic rings. The number of nitrogens with two attached hydrogens (primary N) is 1. The summed E-state index contributed by atoms with van der Waals surface area (Å²) in [6.07, 6.45) is 4.41. The van der Waals surface area contributed by atoms with Gasteiger partial charge in [-0.25, -0.2) is 4.98 Å². The predicted molar refractivity (Wildman–Crippen MR) is 122 cm³/mol. The maximum atomic E-state index is 12.8. The molecule has 3 N–H and O–H groups in total. The fourth-order valence-corrected chi connectivity index (χ4v) is 5.85. The van der Waals surface area contributed by atoms with Crippen LogP contribution in [-0.4, -0.2) is 59.3 Å². The van der Waals surface area contributed by atoms with Crippen LogP contribution in [0, 0.1) is 11.8 Å². The van der Waals surface area contributed by atoms with E-state index in [2.05, 4.69) is 22.0 Å². The number of amides is 1. The van der Waals surface area contributed by atoms with Gasteiger partial charge < -0.3 is 25.4 Å². The first-order chi connectivity index (χ1) is 15.1. The highest BCUT2D eigenvalue weighted by Crippen LogP contribution is 2.39. The molecule has 2 aliphatic heterocycles. The van der Waals surface area contributed by atoms with Gasteiger partial charge >= 0.3 is 0 Å². The Morgan fingerprint density at radius 2 is 1.94 bits per heavy atom. The highest BCUT2D eigenvalue weighted by atomic mass is 32.1. The van der Waals surface area contributed by atoms with Crippen molar-refractivity contribution in [3.8, 4) is 5.75 Å². The van der Waals surface area contributed by atoms with E-state index in [4.69, 9.17) is 10.5 Å². The first-order valence-electron chi connectivity index (χ1n) is 11.3. The van der Waals surface area contributed by atoms with Gasteiger partial charge in [-0.3, -0.25) is 4.79 Å². The second-order valence-electron chi connectivity index (χ2n) is 9.04. The minimum Gasteiger partial charge on any atom is -0.488 e. The van der Waals surface area contributed by atoms with E-state index in [1.807, 2.05) is 17.0 Å². The predicted octanol–water partition coefficient (Wildman–Crippen LogP) is 3.01. The number of benzene rings is 1. The van der Waals surface area contributed by atoms with Crippen molar-refractivity contribution in [3.05, 3.63) is 35.3 Å². The van der Waals surface area contributed by atoms with Crippen LogP contribution < -0.4 is 15.4 Å². The number of thiazole rings is 1. The number of nitrogen functional groups attached to an aromatic ring is 1. The average molecular weight is 443 g/mol. The molecule has 3 fully saturated rings. The maximum Gasteiger partial charge on any atom is 0.273 e. The second-order valence-corrected chi connectivity index (χ2v) is 9.93. The zero-order valence-electron chi connectivity index (χ0n) is 17.7. The molecule has 0 unspecified atom stereocenters. The van der Waals surface area contributed by atoms with E-state index in [0.29, 0.717) is 42.2 Å². The Kier molecular flexibility index (Phi) is 5.75. The largest absolute Gasteiger partial charge is 0.488 e. The Morgan fingerprint density at radius 1 is 1.16 bits per heavy atom. The number of aromatic nitrogens is 1. The van der Waals surface area contributed by atoms with Crippen LogP contribution in [0.3, 0.4) is 0 Å². The molecule has 5 rings (SSSR count). The van der Waals surface area contributed by atoms with Gasteiger partial charge in [0.05, 0.1) is 6.10 Å². The van der Waals surface area contributed by atoms with E-state index < -0.39 is 6.10 Å².